The second-order valence-electron chi connectivity index (χ2n) is 6.71. The van der Waals surface area contributed by atoms with E-state index < -0.39 is 0 Å². The van der Waals surface area contributed by atoms with Gasteiger partial charge in [-0.1, -0.05) is 37.1 Å². The van der Waals surface area contributed by atoms with Gasteiger partial charge in [-0.05, 0) is 29.5 Å². The molecule has 3 atom stereocenters. The zero-order valence-electron chi connectivity index (χ0n) is 13.6. The van der Waals surface area contributed by atoms with Crippen LogP contribution in [-0.2, 0) is 6.54 Å². The van der Waals surface area contributed by atoms with Crippen molar-refractivity contribution in [3.63, 3.8) is 0 Å². The van der Waals surface area contributed by atoms with Gasteiger partial charge in [-0.25, -0.2) is 4.79 Å². The molecule has 1 aromatic rings. The molecule has 4 rings (SSSR count). The van der Waals surface area contributed by atoms with Crippen LogP contribution >= 0.6 is 0 Å². The first-order chi connectivity index (χ1) is 11.8. The molecule has 1 saturated carbocycles. The molecule has 0 aromatic heterocycles. The molecule has 2 heterocycles. The normalized spacial score (nSPS) is 28.9. The number of fused-ring (bicyclic) bond motifs is 3. The van der Waals surface area contributed by atoms with Gasteiger partial charge in [0.1, 0.15) is 0 Å². The SMILES string of the molecule is NCc1ccc(C2=NNC=C3C2CCCC[C@@H]2NC(=O)N[C@@H]32)cc1. The average Bonchev–Trinajstić information content (AvgIpc) is 2.97. The molecule has 5 N–H and O–H groups in total. The van der Waals surface area contributed by atoms with Crippen LogP contribution in [0.5, 0.6) is 0 Å². The summed E-state index contributed by atoms with van der Waals surface area (Å²) in [7, 11) is 0. The van der Waals surface area contributed by atoms with Crippen LogP contribution in [0.25, 0.3) is 0 Å². The second-order valence-corrected chi connectivity index (χ2v) is 6.71. The van der Waals surface area contributed by atoms with Crippen molar-refractivity contribution < 1.29 is 4.79 Å². The fraction of sp³-hybridized carbons (Fsp3) is 0.444. The van der Waals surface area contributed by atoms with E-state index in [1.807, 2.05) is 6.20 Å². The minimum Gasteiger partial charge on any atom is -0.333 e. The Hall–Kier alpha value is -2.34. The van der Waals surface area contributed by atoms with Crippen molar-refractivity contribution in [2.75, 3.05) is 0 Å². The van der Waals surface area contributed by atoms with Gasteiger partial charge in [-0.15, -0.1) is 0 Å². The second kappa shape index (κ2) is 6.28. The van der Waals surface area contributed by atoms with Gasteiger partial charge in [-0.3, -0.25) is 5.43 Å². The lowest BCUT2D eigenvalue weighted by molar-refractivity contribution is 0.247. The topological polar surface area (TPSA) is 91.5 Å². The molecule has 6 nitrogen and oxygen atoms in total. The van der Waals surface area contributed by atoms with E-state index >= 15 is 0 Å². The summed E-state index contributed by atoms with van der Waals surface area (Å²) in [6.07, 6.45) is 6.31. The van der Waals surface area contributed by atoms with Gasteiger partial charge < -0.3 is 16.4 Å². The maximum atomic E-state index is 11.8. The molecular formula is C18H23N5O. The Bertz CT molecular complexity index is 694. The van der Waals surface area contributed by atoms with E-state index in [1.54, 1.807) is 0 Å². The summed E-state index contributed by atoms with van der Waals surface area (Å²) in [6, 6.07) is 8.45. The third-order valence-electron chi connectivity index (χ3n) is 5.26. The summed E-state index contributed by atoms with van der Waals surface area (Å²) in [5, 5.41) is 10.7. The third-order valence-corrected chi connectivity index (χ3v) is 5.26. The van der Waals surface area contributed by atoms with Crippen LogP contribution in [0, 0.1) is 5.92 Å². The highest BCUT2D eigenvalue weighted by atomic mass is 16.2. The summed E-state index contributed by atoms with van der Waals surface area (Å²) in [6.45, 7) is 0.543. The number of nitrogens with two attached hydrogens (primary N) is 1. The quantitative estimate of drug-likeness (QED) is 0.665. The van der Waals surface area contributed by atoms with E-state index in [-0.39, 0.29) is 24.0 Å². The number of hydrogen-bond acceptors (Lipinski definition) is 4. The standard InChI is InChI=1S/C18H23N5O/c19-9-11-5-7-12(8-6-11)16-13-3-1-2-4-15-17(22-18(24)21-15)14(13)10-20-23-16/h5-8,10,13,15,17,20H,1-4,9,19H2,(H2,21,22,24)/t13?,15-,17-/m0/s1. The van der Waals surface area contributed by atoms with E-state index in [0.717, 1.165) is 42.5 Å². The van der Waals surface area contributed by atoms with E-state index in [4.69, 9.17) is 5.73 Å². The number of rotatable bonds is 2. The maximum Gasteiger partial charge on any atom is 0.315 e. The van der Waals surface area contributed by atoms with Crippen molar-refractivity contribution >= 4 is 11.7 Å². The molecule has 24 heavy (non-hydrogen) atoms. The van der Waals surface area contributed by atoms with Crippen molar-refractivity contribution in [3.05, 3.63) is 47.2 Å². The van der Waals surface area contributed by atoms with Gasteiger partial charge >= 0.3 is 6.03 Å². The molecule has 2 fully saturated rings. The molecule has 6 heteroatoms. The smallest absolute Gasteiger partial charge is 0.315 e. The van der Waals surface area contributed by atoms with Crippen LogP contribution < -0.4 is 21.8 Å². The first-order valence-electron chi connectivity index (χ1n) is 8.66. The fourth-order valence-corrected chi connectivity index (χ4v) is 4.00. The number of hydrogen-bond donors (Lipinski definition) is 4. The first-order valence-corrected chi connectivity index (χ1v) is 8.66. The van der Waals surface area contributed by atoms with Crippen LogP contribution in [0.3, 0.4) is 0 Å². The zero-order chi connectivity index (χ0) is 16.5. The number of carbonyl (C=O) groups excluding carboxylic acids is 1. The lowest BCUT2D eigenvalue weighted by Gasteiger charge is -2.33. The molecule has 1 unspecified atom stereocenters. The summed E-state index contributed by atoms with van der Waals surface area (Å²) in [5.74, 6) is 0.239. The molecular weight excluding hydrogens is 302 g/mol. The molecule has 1 saturated heterocycles. The minimum absolute atomic E-state index is 0.0455. The van der Waals surface area contributed by atoms with Crippen molar-refractivity contribution in [1.29, 1.82) is 0 Å². The van der Waals surface area contributed by atoms with Crippen LogP contribution in [0.1, 0.15) is 36.8 Å². The Morgan fingerprint density at radius 3 is 2.71 bits per heavy atom. The lowest BCUT2D eigenvalue weighted by atomic mass is 9.77. The number of benzene rings is 1. The van der Waals surface area contributed by atoms with Crippen LogP contribution in [0.15, 0.2) is 41.1 Å². The highest BCUT2D eigenvalue weighted by Crippen LogP contribution is 2.33. The Kier molecular flexibility index (Phi) is 3.98. The number of urea groups is 1. The fourth-order valence-electron chi connectivity index (χ4n) is 4.00. The van der Waals surface area contributed by atoms with Gasteiger partial charge in [0.15, 0.2) is 0 Å². The van der Waals surface area contributed by atoms with Gasteiger partial charge in [0.05, 0.1) is 17.8 Å². The molecule has 1 aliphatic carbocycles. The number of amides is 2. The zero-order valence-corrected chi connectivity index (χ0v) is 13.6. The largest absolute Gasteiger partial charge is 0.333 e. The molecule has 2 amide bonds. The summed E-state index contributed by atoms with van der Waals surface area (Å²) in [5.41, 5.74) is 13.3. The van der Waals surface area contributed by atoms with E-state index in [2.05, 4.69) is 45.4 Å². The van der Waals surface area contributed by atoms with Gasteiger partial charge in [-0.2, -0.15) is 5.10 Å². The summed E-state index contributed by atoms with van der Waals surface area (Å²) in [4.78, 5) is 11.8. The van der Waals surface area contributed by atoms with E-state index in [0.29, 0.717) is 6.54 Å². The Morgan fingerprint density at radius 2 is 1.92 bits per heavy atom. The predicted molar refractivity (Wildman–Crippen MR) is 93.3 cm³/mol. The molecule has 2 aliphatic heterocycles. The first kappa shape index (κ1) is 15.2. The predicted octanol–water partition coefficient (Wildman–Crippen LogP) is 1.58. The number of hydrazone groups is 1. The number of nitrogens with one attached hydrogen (secondary N) is 3. The maximum absolute atomic E-state index is 11.8. The van der Waals surface area contributed by atoms with E-state index in [9.17, 15) is 4.79 Å². The number of carbonyl (C=O) groups is 1. The monoisotopic (exact) mass is 325 g/mol. The highest BCUT2D eigenvalue weighted by molar-refractivity contribution is 6.04. The summed E-state index contributed by atoms with van der Waals surface area (Å²) < 4.78 is 0. The van der Waals surface area contributed by atoms with Crippen LogP contribution in [0.2, 0.25) is 0 Å². The van der Waals surface area contributed by atoms with Crippen LogP contribution in [-0.4, -0.2) is 23.8 Å². The minimum atomic E-state index is -0.0667. The average molecular weight is 325 g/mol. The van der Waals surface area contributed by atoms with Gasteiger partial charge in [0.25, 0.3) is 0 Å². The van der Waals surface area contributed by atoms with Gasteiger partial charge in [0.2, 0.25) is 0 Å². The Morgan fingerprint density at radius 1 is 1.12 bits per heavy atom. The van der Waals surface area contributed by atoms with E-state index in [1.165, 1.54) is 5.57 Å². The Labute approximate surface area is 141 Å². The number of nitrogens with zero attached hydrogens (tertiary/aromatic N) is 1. The lowest BCUT2D eigenvalue weighted by Crippen LogP contribution is -2.42. The molecule has 0 bridgehead atoms. The van der Waals surface area contributed by atoms with Gasteiger partial charge in [0, 0.05) is 18.7 Å². The highest BCUT2D eigenvalue weighted by Gasteiger charge is 2.40. The molecule has 3 aliphatic rings. The molecule has 0 radical (unpaired) electrons. The van der Waals surface area contributed by atoms with Crippen molar-refractivity contribution in [2.45, 2.75) is 44.3 Å². The Balaban J connectivity index is 1.65. The molecule has 0 spiro atoms. The summed E-state index contributed by atoms with van der Waals surface area (Å²) >= 11 is 0. The molecule has 1 aromatic carbocycles. The van der Waals surface area contributed by atoms with Crippen molar-refractivity contribution in [2.24, 2.45) is 16.8 Å². The molecule has 126 valence electrons. The van der Waals surface area contributed by atoms with Crippen LogP contribution in [0.4, 0.5) is 4.79 Å². The third kappa shape index (κ3) is 2.67. The van der Waals surface area contributed by atoms with Crippen molar-refractivity contribution in [1.82, 2.24) is 16.1 Å². The van der Waals surface area contributed by atoms with Crippen molar-refractivity contribution in [3.8, 4) is 0 Å².